The zero-order chi connectivity index (χ0) is 10.9. The van der Waals surface area contributed by atoms with E-state index in [0.717, 1.165) is 0 Å². The van der Waals surface area contributed by atoms with Crippen molar-refractivity contribution in [3.8, 4) is 11.5 Å². The molecule has 1 aromatic carbocycles. The molecule has 74 valence electrons. The van der Waals surface area contributed by atoms with Crippen molar-refractivity contribution < 1.29 is 20.1 Å². The fourth-order valence-corrected chi connectivity index (χ4v) is 0.859. The lowest BCUT2D eigenvalue weighted by atomic mass is 10.2. The maximum absolute atomic E-state index is 11.0. The largest absolute Gasteiger partial charge is 0.868 e. The highest BCUT2D eigenvalue weighted by atomic mass is 16.6. The van der Waals surface area contributed by atoms with Gasteiger partial charge in [-0.3, -0.25) is 20.2 Å². The lowest BCUT2D eigenvalue weighted by Gasteiger charge is -2.12. The standard InChI is InChI=1S/C6H4N2O6/c9-4-2-1-3(7(11)12)6(10)5(4)8(13)14/h1-2,9-10H/p-2. The van der Waals surface area contributed by atoms with Crippen molar-refractivity contribution in [2.45, 2.75) is 0 Å². The summed E-state index contributed by atoms with van der Waals surface area (Å²) in [5.41, 5.74) is -2.27. The summed E-state index contributed by atoms with van der Waals surface area (Å²) in [4.78, 5) is 18.1. The van der Waals surface area contributed by atoms with Crippen LogP contribution >= 0.6 is 0 Å². The van der Waals surface area contributed by atoms with Crippen molar-refractivity contribution in [2.75, 3.05) is 0 Å². The average Bonchev–Trinajstić information content (AvgIpc) is 2.02. The molecule has 0 unspecified atom stereocenters. The van der Waals surface area contributed by atoms with Gasteiger partial charge < -0.3 is 10.2 Å². The first kappa shape index (κ1) is 9.71. The van der Waals surface area contributed by atoms with E-state index >= 15 is 0 Å². The van der Waals surface area contributed by atoms with Crippen molar-refractivity contribution in [3.05, 3.63) is 32.4 Å². The van der Waals surface area contributed by atoms with Gasteiger partial charge in [-0.1, -0.05) is 6.07 Å². The molecule has 0 aromatic heterocycles. The molecule has 0 bridgehead atoms. The summed E-state index contributed by atoms with van der Waals surface area (Å²) < 4.78 is 0. The second kappa shape index (κ2) is 3.17. The number of benzene rings is 1. The van der Waals surface area contributed by atoms with E-state index in [1.54, 1.807) is 0 Å². The molecule has 8 heteroatoms. The summed E-state index contributed by atoms with van der Waals surface area (Å²) in [6, 6.07) is 1.27. The van der Waals surface area contributed by atoms with E-state index in [9.17, 15) is 30.4 Å². The van der Waals surface area contributed by atoms with Crippen LogP contribution in [-0.2, 0) is 0 Å². The molecule has 0 aliphatic carbocycles. The normalized spacial score (nSPS) is 9.71. The van der Waals surface area contributed by atoms with Crippen molar-refractivity contribution >= 4 is 11.4 Å². The minimum atomic E-state index is -1.47. The molecule has 0 fully saturated rings. The molecule has 0 radical (unpaired) electrons. The SMILES string of the molecule is O=[N+]([O-])c1ccc([O-])c([N+](=O)[O-])c1[O-]. The predicted molar refractivity (Wildman–Crippen MR) is 38.6 cm³/mol. The van der Waals surface area contributed by atoms with Gasteiger partial charge in [0.05, 0.1) is 15.6 Å². The lowest BCUT2D eigenvalue weighted by Crippen LogP contribution is -2.05. The van der Waals surface area contributed by atoms with Crippen LogP contribution in [0.25, 0.3) is 0 Å². The Bertz CT molecular complexity index is 415. The first-order valence-corrected chi connectivity index (χ1v) is 3.25. The lowest BCUT2D eigenvalue weighted by molar-refractivity contribution is -0.423. The maximum Gasteiger partial charge on any atom is 0.268 e. The van der Waals surface area contributed by atoms with Crippen LogP contribution in [0, 0.1) is 20.2 Å². The quantitative estimate of drug-likeness (QED) is 0.471. The van der Waals surface area contributed by atoms with Gasteiger partial charge in [0.2, 0.25) is 0 Å². The molecule has 0 aliphatic rings. The predicted octanol–water partition coefficient (Wildman–Crippen LogP) is -0.350. The van der Waals surface area contributed by atoms with Crippen LogP contribution in [0.2, 0.25) is 0 Å². The summed E-state index contributed by atoms with van der Waals surface area (Å²) in [5, 5.41) is 42.2. The summed E-state index contributed by atoms with van der Waals surface area (Å²) in [6.07, 6.45) is 0. The van der Waals surface area contributed by atoms with Gasteiger partial charge in [0, 0.05) is 6.07 Å². The molecule has 1 aromatic rings. The first-order chi connectivity index (χ1) is 6.45. The van der Waals surface area contributed by atoms with Gasteiger partial charge in [0.25, 0.3) is 11.4 Å². The monoisotopic (exact) mass is 198 g/mol. The van der Waals surface area contributed by atoms with Gasteiger partial charge in [-0.25, -0.2) is 0 Å². The van der Waals surface area contributed by atoms with E-state index in [1.807, 2.05) is 0 Å². The highest BCUT2D eigenvalue weighted by Crippen LogP contribution is 2.37. The minimum Gasteiger partial charge on any atom is -0.868 e. The van der Waals surface area contributed by atoms with Crippen molar-refractivity contribution in [3.63, 3.8) is 0 Å². The topological polar surface area (TPSA) is 132 Å². The minimum absolute atomic E-state index is 0.623. The molecule has 0 heterocycles. The Hall–Kier alpha value is -2.38. The second-order valence-electron chi connectivity index (χ2n) is 2.27. The number of nitro benzene ring substituents is 2. The van der Waals surface area contributed by atoms with Crippen LogP contribution in [0.4, 0.5) is 11.4 Å². The number of rotatable bonds is 2. The maximum atomic E-state index is 11.0. The van der Waals surface area contributed by atoms with Crippen LogP contribution < -0.4 is 10.2 Å². The van der Waals surface area contributed by atoms with Crippen LogP contribution in [0.5, 0.6) is 11.5 Å². The van der Waals surface area contributed by atoms with Gasteiger partial charge in [0.15, 0.2) is 0 Å². The molecule has 0 aliphatic heterocycles. The molecule has 0 atom stereocenters. The first-order valence-electron chi connectivity index (χ1n) is 3.25. The summed E-state index contributed by atoms with van der Waals surface area (Å²) in [5.74, 6) is -2.60. The molecule has 0 spiro atoms. The van der Waals surface area contributed by atoms with Gasteiger partial charge in [-0.15, -0.1) is 0 Å². The Morgan fingerprint density at radius 3 is 2.00 bits per heavy atom. The summed E-state index contributed by atoms with van der Waals surface area (Å²) in [6.45, 7) is 0. The Morgan fingerprint density at radius 2 is 1.57 bits per heavy atom. The van der Waals surface area contributed by atoms with Crippen molar-refractivity contribution in [2.24, 2.45) is 0 Å². The zero-order valence-corrected chi connectivity index (χ0v) is 6.50. The third kappa shape index (κ3) is 1.40. The fraction of sp³-hybridized carbons (Fsp3) is 0. The molecule has 0 saturated heterocycles. The molecule has 8 nitrogen and oxygen atoms in total. The second-order valence-corrected chi connectivity index (χ2v) is 2.27. The van der Waals surface area contributed by atoms with Crippen molar-refractivity contribution in [1.82, 2.24) is 0 Å². The molecule has 1 rings (SSSR count). The Balaban J connectivity index is 3.49. The Morgan fingerprint density at radius 1 is 1.00 bits per heavy atom. The van der Waals surface area contributed by atoms with Crippen LogP contribution in [0.1, 0.15) is 0 Å². The smallest absolute Gasteiger partial charge is 0.268 e. The zero-order valence-electron chi connectivity index (χ0n) is 6.50. The number of nitro groups is 2. The number of hydrogen-bond acceptors (Lipinski definition) is 6. The van der Waals surface area contributed by atoms with Crippen LogP contribution in [0.15, 0.2) is 12.1 Å². The number of nitrogens with zero attached hydrogens (tertiary/aromatic N) is 2. The van der Waals surface area contributed by atoms with Gasteiger partial charge >= 0.3 is 0 Å². The Kier molecular flexibility index (Phi) is 2.19. The molecule has 0 saturated carbocycles. The van der Waals surface area contributed by atoms with Gasteiger partial charge in [0.1, 0.15) is 0 Å². The average molecular weight is 198 g/mol. The van der Waals surface area contributed by atoms with Gasteiger partial charge in [-0.05, 0) is 5.75 Å². The molecule has 14 heavy (non-hydrogen) atoms. The highest BCUT2D eigenvalue weighted by Gasteiger charge is 2.17. The van der Waals surface area contributed by atoms with E-state index < -0.39 is 32.7 Å². The molecule has 0 N–H and O–H groups in total. The van der Waals surface area contributed by atoms with E-state index in [-0.39, 0.29) is 0 Å². The van der Waals surface area contributed by atoms with E-state index in [2.05, 4.69) is 0 Å². The molecular weight excluding hydrogens is 196 g/mol. The number of hydrogen-bond donors (Lipinski definition) is 0. The van der Waals surface area contributed by atoms with Crippen LogP contribution in [0.3, 0.4) is 0 Å². The molecular formula is C6H2N2O6-2. The highest BCUT2D eigenvalue weighted by molar-refractivity contribution is 5.64. The summed E-state index contributed by atoms with van der Waals surface area (Å²) >= 11 is 0. The Labute approximate surface area is 76.3 Å². The van der Waals surface area contributed by atoms with E-state index in [4.69, 9.17) is 0 Å². The third-order valence-electron chi connectivity index (χ3n) is 1.45. The molecule has 0 amide bonds. The van der Waals surface area contributed by atoms with Gasteiger partial charge in [-0.2, -0.15) is 0 Å². The summed E-state index contributed by atoms with van der Waals surface area (Å²) in [7, 11) is 0. The van der Waals surface area contributed by atoms with E-state index in [1.165, 1.54) is 0 Å². The van der Waals surface area contributed by atoms with E-state index in [0.29, 0.717) is 12.1 Å². The fourth-order valence-electron chi connectivity index (χ4n) is 0.859. The van der Waals surface area contributed by atoms with Crippen LogP contribution in [-0.4, -0.2) is 9.85 Å². The van der Waals surface area contributed by atoms with Crippen molar-refractivity contribution in [1.29, 1.82) is 0 Å². The third-order valence-corrected chi connectivity index (χ3v) is 1.45.